The van der Waals surface area contributed by atoms with Gasteiger partial charge in [-0.25, -0.2) is 0 Å². The van der Waals surface area contributed by atoms with E-state index in [2.05, 4.69) is 5.16 Å². The number of nitrogens with zero attached hydrogens (tertiary/aromatic N) is 3. The van der Waals surface area contributed by atoms with Crippen LogP contribution >= 0.6 is 11.6 Å². The van der Waals surface area contributed by atoms with Crippen LogP contribution in [0.4, 0.5) is 5.69 Å². The molecule has 2 aromatic carbocycles. The molecule has 2 aliphatic heterocycles. The molecule has 0 N–H and O–H groups in total. The number of ether oxygens (including phenoxy) is 1. The maximum Gasteiger partial charge on any atom is 0.228 e. The molecule has 0 aliphatic carbocycles. The molecule has 1 saturated heterocycles. The lowest BCUT2D eigenvalue weighted by atomic mass is 9.99. The number of halogens is 1. The fraction of sp³-hybridized carbons (Fsp3) is 0.292. The molecule has 0 spiro atoms. The van der Waals surface area contributed by atoms with E-state index < -0.39 is 0 Å². The highest BCUT2D eigenvalue weighted by Gasteiger charge is 2.38. The summed E-state index contributed by atoms with van der Waals surface area (Å²) < 4.78 is 10.8. The Hall–Kier alpha value is -3.32. The number of carbonyl (C=O) groups excluding carboxylic acids is 2. The molecule has 3 heterocycles. The predicted octanol–water partition coefficient (Wildman–Crippen LogP) is 3.94. The van der Waals surface area contributed by atoms with Gasteiger partial charge in [-0.1, -0.05) is 16.8 Å². The number of amides is 2. The van der Waals surface area contributed by atoms with Gasteiger partial charge in [0.2, 0.25) is 11.8 Å². The first-order chi connectivity index (χ1) is 15.5. The van der Waals surface area contributed by atoms with E-state index in [9.17, 15) is 9.59 Å². The fourth-order valence-electron chi connectivity index (χ4n) is 4.39. The molecule has 1 unspecified atom stereocenters. The van der Waals surface area contributed by atoms with Gasteiger partial charge in [-0.3, -0.25) is 9.59 Å². The summed E-state index contributed by atoms with van der Waals surface area (Å²) in [5.74, 6) is 1.02. The lowest BCUT2D eigenvalue weighted by Crippen LogP contribution is -2.40. The van der Waals surface area contributed by atoms with Crippen LogP contribution in [-0.4, -0.2) is 42.1 Å². The van der Waals surface area contributed by atoms with E-state index in [1.807, 2.05) is 48.5 Å². The first kappa shape index (κ1) is 20.6. The lowest BCUT2D eigenvalue weighted by molar-refractivity contribution is -0.136. The molecule has 1 atom stereocenters. The zero-order valence-electron chi connectivity index (χ0n) is 17.6. The Morgan fingerprint density at radius 3 is 2.62 bits per heavy atom. The molecular weight excluding hydrogens is 430 g/mol. The summed E-state index contributed by atoms with van der Waals surface area (Å²) in [5.41, 5.74) is 3.49. The van der Waals surface area contributed by atoms with E-state index in [4.69, 9.17) is 20.9 Å². The van der Waals surface area contributed by atoms with Gasteiger partial charge in [-0.05, 0) is 55.0 Å². The number of anilines is 1. The van der Waals surface area contributed by atoms with Crippen molar-refractivity contribution in [2.45, 2.75) is 19.4 Å². The number of benzene rings is 2. The Kier molecular flexibility index (Phi) is 5.35. The van der Waals surface area contributed by atoms with E-state index in [1.165, 1.54) is 0 Å². The van der Waals surface area contributed by atoms with Crippen molar-refractivity contribution in [1.82, 2.24) is 10.1 Å². The Balaban J connectivity index is 1.28. The SMILES string of the molecule is COc1ccc(N2CC(C(=O)N3CCc4c(noc4-c4ccc(Cl)cc4)C3)CC2=O)cc1. The zero-order valence-corrected chi connectivity index (χ0v) is 18.3. The molecule has 7 nitrogen and oxygen atoms in total. The van der Waals surface area contributed by atoms with Crippen LogP contribution in [0.25, 0.3) is 11.3 Å². The highest BCUT2D eigenvalue weighted by molar-refractivity contribution is 6.30. The second-order valence-electron chi connectivity index (χ2n) is 8.06. The van der Waals surface area contributed by atoms with Crippen molar-refractivity contribution in [2.75, 3.05) is 25.1 Å². The van der Waals surface area contributed by atoms with Crippen LogP contribution < -0.4 is 9.64 Å². The molecule has 2 amide bonds. The maximum atomic E-state index is 13.2. The Labute approximate surface area is 190 Å². The molecule has 1 fully saturated rings. The molecule has 32 heavy (non-hydrogen) atoms. The summed E-state index contributed by atoms with van der Waals surface area (Å²) in [5, 5.41) is 4.88. The summed E-state index contributed by atoms with van der Waals surface area (Å²) in [6, 6.07) is 14.7. The van der Waals surface area contributed by atoms with Gasteiger partial charge in [0.25, 0.3) is 0 Å². The van der Waals surface area contributed by atoms with Gasteiger partial charge in [0.05, 0.1) is 19.6 Å². The minimum atomic E-state index is -0.367. The minimum Gasteiger partial charge on any atom is -0.497 e. The normalized spacial score (nSPS) is 18.1. The minimum absolute atomic E-state index is 0.0175. The number of fused-ring (bicyclic) bond motifs is 1. The highest BCUT2D eigenvalue weighted by atomic mass is 35.5. The van der Waals surface area contributed by atoms with Gasteiger partial charge < -0.3 is 19.1 Å². The number of hydrogen-bond acceptors (Lipinski definition) is 5. The summed E-state index contributed by atoms with van der Waals surface area (Å²) in [6.07, 6.45) is 0.869. The number of methoxy groups -OCH3 is 1. The average Bonchev–Trinajstić information content (AvgIpc) is 3.42. The first-order valence-corrected chi connectivity index (χ1v) is 10.9. The third-order valence-corrected chi connectivity index (χ3v) is 6.37. The molecule has 0 bridgehead atoms. The van der Waals surface area contributed by atoms with E-state index >= 15 is 0 Å². The van der Waals surface area contributed by atoms with Crippen molar-refractivity contribution in [2.24, 2.45) is 5.92 Å². The van der Waals surface area contributed by atoms with Crippen LogP contribution in [0.1, 0.15) is 17.7 Å². The molecule has 0 radical (unpaired) electrons. The third-order valence-electron chi connectivity index (χ3n) is 6.12. The Morgan fingerprint density at radius 2 is 1.91 bits per heavy atom. The largest absolute Gasteiger partial charge is 0.497 e. The standard InChI is InChI=1S/C24H22ClN3O4/c1-31-19-8-6-18(7-9-19)28-13-16(12-22(28)29)24(30)27-11-10-20-21(14-27)26-32-23(20)15-2-4-17(25)5-3-15/h2-9,16H,10-14H2,1H3. The number of aromatic nitrogens is 1. The molecule has 3 aromatic rings. The second kappa shape index (κ2) is 8.31. The summed E-state index contributed by atoms with van der Waals surface area (Å²) in [4.78, 5) is 29.3. The van der Waals surface area contributed by atoms with Gasteiger partial charge in [0, 0.05) is 41.3 Å². The Bertz CT molecular complexity index is 1160. The van der Waals surface area contributed by atoms with E-state index in [-0.39, 0.29) is 24.2 Å². The molecule has 164 valence electrons. The van der Waals surface area contributed by atoms with Gasteiger partial charge in [-0.15, -0.1) is 0 Å². The van der Waals surface area contributed by atoms with Crippen LogP contribution in [0.2, 0.25) is 5.02 Å². The van der Waals surface area contributed by atoms with Gasteiger partial charge in [0.1, 0.15) is 11.4 Å². The highest BCUT2D eigenvalue weighted by Crippen LogP contribution is 2.33. The van der Waals surface area contributed by atoms with Crippen LogP contribution in [0.3, 0.4) is 0 Å². The van der Waals surface area contributed by atoms with Gasteiger partial charge in [-0.2, -0.15) is 0 Å². The molecule has 5 rings (SSSR count). The van der Waals surface area contributed by atoms with Crippen LogP contribution in [0.15, 0.2) is 53.1 Å². The topological polar surface area (TPSA) is 75.9 Å². The van der Waals surface area contributed by atoms with Crippen molar-refractivity contribution in [3.63, 3.8) is 0 Å². The predicted molar refractivity (Wildman–Crippen MR) is 120 cm³/mol. The van der Waals surface area contributed by atoms with Crippen molar-refractivity contribution in [3.05, 3.63) is 64.8 Å². The number of carbonyl (C=O) groups is 2. The van der Waals surface area contributed by atoms with Crippen LogP contribution in [-0.2, 0) is 22.6 Å². The third kappa shape index (κ3) is 3.73. The zero-order chi connectivity index (χ0) is 22.2. The van der Waals surface area contributed by atoms with Crippen molar-refractivity contribution in [1.29, 1.82) is 0 Å². The number of rotatable bonds is 4. The smallest absolute Gasteiger partial charge is 0.228 e. The quantitative estimate of drug-likeness (QED) is 0.600. The molecular formula is C24H22ClN3O4. The Morgan fingerprint density at radius 1 is 1.16 bits per heavy atom. The average molecular weight is 452 g/mol. The summed E-state index contributed by atoms with van der Waals surface area (Å²) in [7, 11) is 1.60. The maximum absolute atomic E-state index is 13.2. The first-order valence-electron chi connectivity index (χ1n) is 10.5. The van der Waals surface area contributed by atoms with Crippen LogP contribution in [0, 0.1) is 5.92 Å². The molecule has 0 saturated carbocycles. The number of hydrogen-bond donors (Lipinski definition) is 0. The van der Waals surface area contributed by atoms with Gasteiger partial charge in [0.15, 0.2) is 5.76 Å². The fourth-order valence-corrected chi connectivity index (χ4v) is 4.52. The second-order valence-corrected chi connectivity index (χ2v) is 8.49. The molecule has 8 heteroatoms. The van der Waals surface area contributed by atoms with Crippen molar-refractivity contribution in [3.8, 4) is 17.1 Å². The molecule has 1 aromatic heterocycles. The van der Waals surface area contributed by atoms with E-state index in [0.29, 0.717) is 31.1 Å². The molecule has 2 aliphatic rings. The monoisotopic (exact) mass is 451 g/mol. The van der Waals surface area contributed by atoms with Crippen molar-refractivity contribution < 1.29 is 18.8 Å². The summed E-state index contributed by atoms with van der Waals surface area (Å²) >= 11 is 5.98. The van der Waals surface area contributed by atoms with E-state index in [1.54, 1.807) is 16.9 Å². The lowest BCUT2D eigenvalue weighted by Gasteiger charge is -2.28. The summed E-state index contributed by atoms with van der Waals surface area (Å²) in [6.45, 7) is 1.33. The van der Waals surface area contributed by atoms with E-state index in [0.717, 1.165) is 34.0 Å². The van der Waals surface area contributed by atoms with Gasteiger partial charge >= 0.3 is 0 Å². The van der Waals surface area contributed by atoms with Crippen LogP contribution in [0.5, 0.6) is 5.75 Å². The van der Waals surface area contributed by atoms with Crippen molar-refractivity contribution >= 4 is 29.1 Å².